The van der Waals surface area contributed by atoms with Gasteiger partial charge in [-0.1, -0.05) is 12.1 Å². The molecule has 90 valence electrons. The number of nitrogen functional groups attached to an aromatic ring is 1. The number of benzene rings is 1. The van der Waals surface area contributed by atoms with E-state index in [2.05, 4.69) is 0 Å². The van der Waals surface area contributed by atoms with Gasteiger partial charge in [0, 0.05) is 5.69 Å². The number of nitrogens with two attached hydrogens (primary N) is 1. The van der Waals surface area contributed by atoms with Crippen LogP contribution in [0.4, 0.5) is 18.9 Å². The number of hydrogen-bond donors (Lipinski definition) is 1. The van der Waals surface area contributed by atoms with Crippen molar-refractivity contribution in [2.75, 3.05) is 5.73 Å². The molecule has 0 aromatic heterocycles. The van der Waals surface area contributed by atoms with E-state index in [-0.39, 0.29) is 5.56 Å². The second-order valence-corrected chi connectivity index (χ2v) is 4.65. The van der Waals surface area contributed by atoms with Crippen LogP contribution in [0.1, 0.15) is 30.5 Å². The van der Waals surface area contributed by atoms with E-state index in [9.17, 15) is 13.2 Å². The summed E-state index contributed by atoms with van der Waals surface area (Å²) < 4.78 is 38.6. The molecule has 0 aliphatic heterocycles. The van der Waals surface area contributed by atoms with Crippen LogP contribution >= 0.6 is 0 Å². The highest BCUT2D eigenvalue weighted by atomic mass is 19.4. The van der Waals surface area contributed by atoms with E-state index in [0.717, 1.165) is 0 Å². The number of hydrogen-bond acceptors (Lipinski definition) is 1. The van der Waals surface area contributed by atoms with Crippen LogP contribution in [0.3, 0.4) is 0 Å². The molecule has 0 aliphatic rings. The summed E-state index contributed by atoms with van der Waals surface area (Å²) in [5.41, 5.74) is 6.06. The Kier molecular flexibility index (Phi) is 2.96. The van der Waals surface area contributed by atoms with E-state index >= 15 is 0 Å². The molecule has 0 saturated heterocycles. The van der Waals surface area contributed by atoms with Gasteiger partial charge < -0.3 is 5.73 Å². The molecule has 0 aliphatic carbocycles. The van der Waals surface area contributed by atoms with Crippen molar-refractivity contribution in [2.45, 2.75) is 39.3 Å². The minimum Gasteiger partial charge on any atom is -0.398 e. The van der Waals surface area contributed by atoms with Crippen molar-refractivity contribution in [2.24, 2.45) is 0 Å². The van der Waals surface area contributed by atoms with Gasteiger partial charge in [-0.15, -0.1) is 0 Å². The lowest BCUT2D eigenvalue weighted by atomic mass is 9.82. The second kappa shape index (κ2) is 3.68. The Balaban J connectivity index is 3.35. The third-order valence-corrected chi connectivity index (χ3v) is 3.02. The highest BCUT2D eigenvalue weighted by molar-refractivity contribution is 5.55. The highest BCUT2D eigenvalue weighted by Crippen LogP contribution is 2.41. The minimum absolute atomic E-state index is 0.254. The monoisotopic (exact) mass is 231 g/mol. The Morgan fingerprint density at radius 2 is 1.38 bits per heavy atom. The normalized spacial score (nSPS) is 12.9. The topological polar surface area (TPSA) is 26.0 Å². The van der Waals surface area contributed by atoms with Gasteiger partial charge in [0.2, 0.25) is 0 Å². The number of halogens is 3. The lowest BCUT2D eigenvalue weighted by molar-refractivity contribution is -0.180. The molecule has 0 atom stereocenters. The predicted molar refractivity (Wildman–Crippen MR) is 59.4 cm³/mol. The molecule has 0 saturated carbocycles. The third-order valence-electron chi connectivity index (χ3n) is 3.02. The van der Waals surface area contributed by atoms with Crippen LogP contribution in [0.2, 0.25) is 0 Å². The van der Waals surface area contributed by atoms with Crippen molar-refractivity contribution in [3.8, 4) is 0 Å². The molecular weight excluding hydrogens is 215 g/mol. The summed E-state index contributed by atoms with van der Waals surface area (Å²) in [5.74, 6) is 0. The minimum atomic E-state index is -4.26. The Bertz CT molecular complexity index is 382. The van der Waals surface area contributed by atoms with E-state index in [1.807, 2.05) is 0 Å². The van der Waals surface area contributed by atoms with E-state index in [1.165, 1.54) is 26.0 Å². The molecular formula is C12H16F3N. The second-order valence-electron chi connectivity index (χ2n) is 4.65. The van der Waals surface area contributed by atoms with Gasteiger partial charge in [0.15, 0.2) is 0 Å². The van der Waals surface area contributed by atoms with Crippen LogP contribution in [-0.4, -0.2) is 6.18 Å². The Morgan fingerprint density at radius 1 is 1.00 bits per heavy atom. The number of anilines is 1. The standard InChI is InChI=1S/C12H16F3N/c1-7-5-9(6-8(2)10(7)16)11(3,4)12(13,14)15/h5-6H,16H2,1-4H3. The molecule has 1 aromatic rings. The summed E-state index contributed by atoms with van der Waals surface area (Å²) in [7, 11) is 0. The molecule has 1 aromatic carbocycles. The Labute approximate surface area is 93.5 Å². The molecule has 0 bridgehead atoms. The molecule has 16 heavy (non-hydrogen) atoms. The smallest absolute Gasteiger partial charge is 0.397 e. The first-order valence-corrected chi connectivity index (χ1v) is 5.01. The van der Waals surface area contributed by atoms with Crippen LogP contribution in [0.15, 0.2) is 12.1 Å². The van der Waals surface area contributed by atoms with E-state index in [1.54, 1.807) is 13.8 Å². The first-order valence-electron chi connectivity index (χ1n) is 5.01. The van der Waals surface area contributed by atoms with E-state index < -0.39 is 11.6 Å². The van der Waals surface area contributed by atoms with Crippen LogP contribution < -0.4 is 5.73 Å². The van der Waals surface area contributed by atoms with Gasteiger partial charge >= 0.3 is 6.18 Å². The van der Waals surface area contributed by atoms with Crippen molar-refractivity contribution in [1.82, 2.24) is 0 Å². The number of rotatable bonds is 1. The summed E-state index contributed by atoms with van der Waals surface area (Å²) >= 11 is 0. The zero-order chi connectivity index (χ0) is 12.7. The fourth-order valence-corrected chi connectivity index (χ4v) is 1.50. The maximum Gasteiger partial charge on any atom is 0.397 e. The van der Waals surface area contributed by atoms with Crippen molar-refractivity contribution < 1.29 is 13.2 Å². The first-order chi connectivity index (χ1) is 7.07. The maximum atomic E-state index is 12.9. The lowest BCUT2D eigenvalue weighted by Crippen LogP contribution is -2.36. The molecule has 0 unspecified atom stereocenters. The van der Waals surface area contributed by atoms with Gasteiger partial charge in [-0.25, -0.2) is 0 Å². The summed E-state index contributed by atoms with van der Waals surface area (Å²) in [5, 5.41) is 0. The van der Waals surface area contributed by atoms with Gasteiger partial charge in [-0.3, -0.25) is 0 Å². The summed E-state index contributed by atoms with van der Waals surface area (Å²) in [4.78, 5) is 0. The summed E-state index contributed by atoms with van der Waals surface area (Å²) in [6.07, 6.45) is -4.26. The fraction of sp³-hybridized carbons (Fsp3) is 0.500. The van der Waals surface area contributed by atoms with E-state index in [0.29, 0.717) is 16.8 Å². The fourth-order valence-electron chi connectivity index (χ4n) is 1.50. The lowest BCUT2D eigenvalue weighted by Gasteiger charge is -2.29. The average Bonchev–Trinajstić information content (AvgIpc) is 2.11. The van der Waals surface area contributed by atoms with Crippen LogP contribution in [-0.2, 0) is 5.41 Å². The Hall–Kier alpha value is -1.19. The molecule has 0 radical (unpaired) electrons. The molecule has 0 spiro atoms. The van der Waals surface area contributed by atoms with Crippen LogP contribution in [0, 0.1) is 13.8 Å². The zero-order valence-corrected chi connectivity index (χ0v) is 9.87. The third kappa shape index (κ3) is 2.01. The van der Waals surface area contributed by atoms with Crippen LogP contribution in [0.5, 0.6) is 0 Å². The molecule has 1 rings (SSSR count). The van der Waals surface area contributed by atoms with Crippen LogP contribution in [0.25, 0.3) is 0 Å². The SMILES string of the molecule is Cc1cc(C(C)(C)C(F)(F)F)cc(C)c1N. The molecule has 1 nitrogen and oxygen atoms in total. The molecule has 0 heterocycles. The first kappa shape index (κ1) is 12.9. The van der Waals surface area contributed by atoms with E-state index in [4.69, 9.17) is 5.73 Å². The molecule has 4 heteroatoms. The summed E-state index contributed by atoms with van der Waals surface area (Å²) in [6.45, 7) is 5.80. The molecule has 2 N–H and O–H groups in total. The van der Waals surface area contributed by atoms with Gasteiger partial charge in [-0.2, -0.15) is 13.2 Å². The molecule has 0 fully saturated rings. The predicted octanol–water partition coefficient (Wildman–Crippen LogP) is 3.73. The Morgan fingerprint density at radius 3 is 1.69 bits per heavy atom. The largest absolute Gasteiger partial charge is 0.398 e. The quantitative estimate of drug-likeness (QED) is 0.732. The van der Waals surface area contributed by atoms with Gasteiger partial charge in [0.05, 0.1) is 5.41 Å². The van der Waals surface area contributed by atoms with Gasteiger partial charge in [-0.05, 0) is 44.4 Å². The number of aryl methyl sites for hydroxylation is 2. The van der Waals surface area contributed by atoms with Crippen molar-refractivity contribution in [3.63, 3.8) is 0 Å². The van der Waals surface area contributed by atoms with Crippen molar-refractivity contribution in [1.29, 1.82) is 0 Å². The maximum absolute atomic E-state index is 12.9. The average molecular weight is 231 g/mol. The molecule has 0 amide bonds. The van der Waals surface area contributed by atoms with Gasteiger partial charge in [0.25, 0.3) is 0 Å². The van der Waals surface area contributed by atoms with Gasteiger partial charge in [0.1, 0.15) is 0 Å². The summed E-state index contributed by atoms with van der Waals surface area (Å²) in [6, 6.07) is 3.02. The number of alkyl halides is 3. The zero-order valence-electron chi connectivity index (χ0n) is 9.87. The van der Waals surface area contributed by atoms with Crippen molar-refractivity contribution >= 4 is 5.69 Å². The van der Waals surface area contributed by atoms with Crippen molar-refractivity contribution in [3.05, 3.63) is 28.8 Å². The highest BCUT2D eigenvalue weighted by Gasteiger charge is 2.48.